The zero-order valence-corrected chi connectivity index (χ0v) is 13.9. The molecule has 24 heavy (non-hydrogen) atoms. The third-order valence-electron chi connectivity index (χ3n) is 3.89. The lowest BCUT2D eigenvalue weighted by atomic mass is 10.1. The molecule has 1 aromatic carbocycles. The Morgan fingerprint density at radius 3 is 2.46 bits per heavy atom. The number of allylic oxidation sites excluding steroid dienone is 1. The van der Waals surface area contributed by atoms with Crippen LogP contribution in [0.4, 0.5) is 8.87 Å². The molecule has 0 saturated carbocycles. The van der Waals surface area contributed by atoms with Crippen LogP contribution in [-0.4, -0.2) is 23.1 Å². The Labute approximate surface area is 141 Å². The van der Waals surface area contributed by atoms with Gasteiger partial charge in [0, 0.05) is 5.56 Å². The van der Waals surface area contributed by atoms with Crippen LogP contribution in [-0.2, 0) is 10.7 Å². The molecule has 0 radical (unpaired) electrons. The van der Waals surface area contributed by atoms with E-state index in [1.165, 1.54) is 49.7 Å². The standard InChI is InChI=1S/C18H24F2N2O2/c1-2-3-4-5-6-7-12-24-17-13-21-18(19,22(20)14-17)15-8-10-16(23)11-9-15/h8-11,13-14,23H,2-7,12H2,1H3. The summed E-state index contributed by atoms with van der Waals surface area (Å²) in [4.78, 5) is 3.65. The number of rotatable bonds is 9. The van der Waals surface area contributed by atoms with Crippen LogP contribution in [0.5, 0.6) is 5.75 Å². The van der Waals surface area contributed by atoms with Gasteiger partial charge in [-0.25, -0.2) is 4.99 Å². The quantitative estimate of drug-likeness (QED) is 0.393. The first kappa shape index (κ1) is 18.2. The smallest absolute Gasteiger partial charge is 0.330 e. The first-order valence-electron chi connectivity index (χ1n) is 8.39. The van der Waals surface area contributed by atoms with Crippen molar-refractivity contribution in [1.29, 1.82) is 0 Å². The van der Waals surface area contributed by atoms with Crippen molar-refractivity contribution < 1.29 is 18.7 Å². The number of aliphatic imine (C=N–C) groups is 1. The molecule has 0 bridgehead atoms. The minimum atomic E-state index is -2.64. The molecule has 0 aromatic heterocycles. The molecular weight excluding hydrogens is 314 g/mol. The summed E-state index contributed by atoms with van der Waals surface area (Å²) in [6.45, 7) is 2.63. The molecule has 1 aliphatic rings. The molecule has 6 heteroatoms. The van der Waals surface area contributed by atoms with Crippen molar-refractivity contribution in [2.24, 2.45) is 4.99 Å². The van der Waals surface area contributed by atoms with Crippen LogP contribution in [0.3, 0.4) is 0 Å². The minimum Gasteiger partial charge on any atom is -0.508 e. The summed E-state index contributed by atoms with van der Waals surface area (Å²) in [5, 5.41) is 9.12. The minimum absolute atomic E-state index is 0.00901. The molecule has 0 fully saturated rings. The Morgan fingerprint density at radius 1 is 1.12 bits per heavy atom. The van der Waals surface area contributed by atoms with Gasteiger partial charge in [-0.15, -0.1) is 0 Å². The molecule has 0 amide bonds. The summed E-state index contributed by atoms with van der Waals surface area (Å²) in [6, 6.07) is 5.15. The monoisotopic (exact) mass is 338 g/mol. The molecule has 0 saturated heterocycles. The summed E-state index contributed by atoms with van der Waals surface area (Å²) in [5.74, 6) is -2.47. The largest absolute Gasteiger partial charge is 0.508 e. The Kier molecular flexibility index (Phi) is 6.58. The fraction of sp³-hybridized carbons (Fsp3) is 0.500. The molecule has 0 spiro atoms. The number of phenols is 1. The molecule has 1 atom stereocenters. The molecule has 1 aromatic rings. The van der Waals surface area contributed by atoms with Gasteiger partial charge in [-0.3, -0.25) is 0 Å². The second-order valence-electron chi connectivity index (χ2n) is 5.85. The summed E-state index contributed by atoms with van der Waals surface area (Å²) >= 11 is 0. The zero-order valence-electron chi connectivity index (χ0n) is 13.9. The van der Waals surface area contributed by atoms with Gasteiger partial charge in [0.2, 0.25) is 0 Å². The Balaban J connectivity index is 1.83. The van der Waals surface area contributed by atoms with E-state index in [1.807, 2.05) is 0 Å². The van der Waals surface area contributed by atoms with Crippen molar-refractivity contribution >= 4 is 6.21 Å². The van der Waals surface area contributed by atoms with Crippen LogP contribution in [0, 0.1) is 0 Å². The van der Waals surface area contributed by atoms with Gasteiger partial charge in [-0.2, -0.15) is 9.51 Å². The van der Waals surface area contributed by atoms with E-state index < -0.39 is 5.92 Å². The molecule has 1 N–H and O–H groups in total. The Bertz CT molecular complexity index is 575. The summed E-state index contributed by atoms with van der Waals surface area (Å²) in [5.41, 5.74) is -0.00901. The lowest BCUT2D eigenvalue weighted by Crippen LogP contribution is -2.35. The lowest BCUT2D eigenvalue weighted by molar-refractivity contribution is -0.125. The topological polar surface area (TPSA) is 45.1 Å². The summed E-state index contributed by atoms with van der Waals surface area (Å²) in [7, 11) is 0. The van der Waals surface area contributed by atoms with E-state index in [9.17, 15) is 14.0 Å². The first-order chi connectivity index (χ1) is 11.6. The number of unbranched alkanes of at least 4 members (excludes halogenated alkanes) is 5. The number of ether oxygens (including phenoxy) is 1. The van der Waals surface area contributed by atoms with Crippen molar-refractivity contribution in [3.05, 3.63) is 41.8 Å². The average Bonchev–Trinajstić information content (AvgIpc) is 2.58. The predicted octanol–water partition coefficient (Wildman–Crippen LogP) is 4.96. The van der Waals surface area contributed by atoms with Gasteiger partial charge in [0.05, 0.1) is 19.0 Å². The molecule has 1 heterocycles. The summed E-state index contributed by atoms with van der Waals surface area (Å²) < 4.78 is 34.3. The first-order valence-corrected chi connectivity index (χ1v) is 8.39. The van der Waals surface area contributed by atoms with E-state index in [2.05, 4.69) is 11.9 Å². The van der Waals surface area contributed by atoms with Crippen molar-refractivity contribution in [2.45, 2.75) is 51.4 Å². The maximum absolute atomic E-state index is 14.7. The van der Waals surface area contributed by atoms with Gasteiger partial charge < -0.3 is 9.84 Å². The number of alkyl halides is 1. The second kappa shape index (κ2) is 8.66. The fourth-order valence-electron chi connectivity index (χ4n) is 2.45. The van der Waals surface area contributed by atoms with Gasteiger partial charge >= 0.3 is 5.92 Å². The number of benzene rings is 1. The Hall–Kier alpha value is -2.11. The molecule has 2 rings (SSSR count). The normalized spacial score (nSPS) is 20.1. The number of phenolic OH excluding ortho intramolecular Hbond substituents is 1. The van der Waals surface area contributed by atoms with E-state index in [1.54, 1.807) is 0 Å². The van der Waals surface area contributed by atoms with Crippen molar-refractivity contribution in [2.75, 3.05) is 6.61 Å². The molecule has 132 valence electrons. The zero-order chi connectivity index (χ0) is 17.4. The van der Waals surface area contributed by atoms with Crippen molar-refractivity contribution in [1.82, 2.24) is 5.12 Å². The van der Waals surface area contributed by atoms with Crippen molar-refractivity contribution in [3.63, 3.8) is 0 Å². The van der Waals surface area contributed by atoms with Crippen LogP contribution in [0.2, 0.25) is 0 Å². The fourth-order valence-corrected chi connectivity index (χ4v) is 2.45. The maximum atomic E-state index is 14.7. The lowest BCUT2D eigenvalue weighted by Gasteiger charge is -2.29. The summed E-state index contributed by atoms with van der Waals surface area (Å²) in [6.07, 6.45) is 8.91. The third kappa shape index (κ3) is 4.69. The highest BCUT2D eigenvalue weighted by molar-refractivity contribution is 5.77. The van der Waals surface area contributed by atoms with Crippen LogP contribution in [0.25, 0.3) is 0 Å². The maximum Gasteiger partial charge on any atom is 0.330 e. The molecule has 1 unspecified atom stereocenters. The van der Waals surface area contributed by atoms with Gasteiger partial charge in [-0.1, -0.05) is 43.5 Å². The van der Waals surface area contributed by atoms with E-state index in [0.717, 1.165) is 25.5 Å². The number of halogens is 2. The molecule has 0 aliphatic carbocycles. The highest BCUT2D eigenvalue weighted by Gasteiger charge is 2.40. The number of aromatic hydroxyl groups is 1. The molecular formula is C18H24F2N2O2. The highest BCUT2D eigenvalue weighted by atomic mass is 19.2. The van der Waals surface area contributed by atoms with E-state index in [4.69, 9.17) is 4.74 Å². The number of hydrogen-bond donors (Lipinski definition) is 1. The SMILES string of the molecule is CCCCCCCCOC1=CN(F)C(F)(c2ccc(O)cc2)N=C1. The van der Waals surface area contributed by atoms with Crippen molar-refractivity contribution in [3.8, 4) is 5.75 Å². The van der Waals surface area contributed by atoms with E-state index >= 15 is 0 Å². The van der Waals surface area contributed by atoms with Gasteiger partial charge in [0.25, 0.3) is 0 Å². The van der Waals surface area contributed by atoms with Gasteiger partial charge in [0.1, 0.15) is 5.75 Å². The highest BCUT2D eigenvalue weighted by Crippen LogP contribution is 2.36. The van der Waals surface area contributed by atoms with Gasteiger partial charge in [-0.05, 0) is 30.7 Å². The molecule has 1 aliphatic heterocycles. The van der Waals surface area contributed by atoms with E-state index in [-0.39, 0.29) is 22.2 Å². The van der Waals surface area contributed by atoms with Gasteiger partial charge in [0.15, 0.2) is 5.76 Å². The van der Waals surface area contributed by atoms with Crippen LogP contribution >= 0.6 is 0 Å². The predicted molar refractivity (Wildman–Crippen MR) is 89.7 cm³/mol. The van der Waals surface area contributed by atoms with E-state index in [0.29, 0.717) is 6.61 Å². The second-order valence-corrected chi connectivity index (χ2v) is 5.85. The average molecular weight is 338 g/mol. The van der Waals surface area contributed by atoms with Crippen LogP contribution in [0.1, 0.15) is 51.0 Å². The third-order valence-corrected chi connectivity index (χ3v) is 3.89. The Morgan fingerprint density at radius 2 is 1.79 bits per heavy atom. The number of hydrogen-bond acceptors (Lipinski definition) is 4. The number of nitrogens with zero attached hydrogens (tertiary/aromatic N) is 2. The van der Waals surface area contributed by atoms with Crippen LogP contribution < -0.4 is 0 Å². The van der Waals surface area contributed by atoms with Crippen LogP contribution in [0.15, 0.2) is 41.2 Å². The molecule has 4 nitrogen and oxygen atoms in total.